The largest absolute Gasteiger partial charge is 0.396 e. The molecule has 1 unspecified atom stereocenters. The number of benzene rings is 1. The highest BCUT2D eigenvalue weighted by atomic mass is 19.1. The van der Waals surface area contributed by atoms with E-state index >= 15 is 0 Å². The highest BCUT2D eigenvalue weighted by Crippen LogP contribution is 2.44. The van der Waals surface area contributed by atoms with Crippen LogP contribution in [0.5, 0.6) is 0 Å². The van der Waals surface area contributed by atoms with E-state index < -0.39 is 5.41 Å². The van der Waals surface area contributed by atoms with Gasteiger partial charge in [0.25, 0.3) is 0 Å². The standard InChI is InChI=1S/C15H20FNO2/c1-11(7-10-18)17-14(19)15(8-2-9-15)12-3-5-13(16)6-4-12/h3-6,11,18H,2,7-10H2,1H3,(H,17,19). The van der Waals surface area contributed by atoms with Gasteiger partial charge < -0.3 is 10.4 Å². The maximum absolute atomic E-state index is 13.0. The summed E-state index contributed by atoms with van der Waals surface area (Å²) in [6, 6.07) is 6.16. The molecule has 1 aliphatic carbocycles. The highest BCUT2D eigenvalue weighted by molar-refractivity contribution is 5.89. The van der Waals surface area contributed by atoms with Crippen LogP contribution in [0.1, 0.15) is 38.2 Å². The van der Waals surface area contributed by atoms with E-state index in [-0.39, 0.29) is 24.4 Å². The van der Waals surface area contributed by atoms with Crippen molar-refractivity contribution < 1.29 is 14.3 Å². The van der Waals surface area contributed by atoms with Crippen molar-refractivity contribution in [2.45, 2.75) is 44.1 Å². The molecule has 1 aromatic carbocycles. The van der Waals surface area contributed by atoms with E-state index in [1.54, 1.807) is 12.1 Å². The normalized spacial score (nSPS) is 18.5. The van der Waals surface area contributed by atoms with Gasteiger partial charge in [-0.25, -0.2) is 4.39 Å². The van der Waals surface area contributed by atoms with Crippen LogP contribution in [-0.2, 0) is 10.2 Å². The zero-order valence-electron chi connectivity index (χ0n) is 11.2. The molecule has 0 heterocycles. The zero-order valence-corrected chi connectivity index (χ0v) is 11.2. The van der Waals surface area contributed by atoms with Crippen molar-refractivity contribution in [3.05, 3.63) is 35.6 Å². The molecular formula is C15H20FNO2. The Balaban J connectivity index is 2.13. The quantitative estimate of drug-likeness (QED) is 0.857. The predicted octanol–water partition coefficient (Wildman–Crippen LogP) is 2.13. The Kier molecular flexibility index (Phi) is 4.20. The van der Waals surface area contributed by atoms with E-state index in [2.05, 4.69) is 5.32 Å². The number of aliphatic hydroxyl groups is 1. The number of hydrogen-bond donors (Lipinski definition) is 2. The molecule has 1 saturated carbocycles. The van der Waals surface area contributed by atoms with Crippen LogP contribution in [0.4, 0.5) is 4.39 Å². The molecule has 1 fully saturated rings. The summed E-state index contributed by atoms with van der Waals surface area (Å²) in [5, 5.41) is 11.8. The van der Waals surface area contributed by atoms with Gasteiger partial charge in [-0.05, 0) is 43.9 Å². The zero-order chi connectivity index (χ0) is 13.9. The lowest BCUT2D eigenvalue weighted by atomic mass is 9.63. The van der Waals surface area contributed by atoms with Gasteiger partial charge in [-0.3, -0.25) is 4.79 Å². The third kappa shape index (κ3) is 2.78. The van der Waals surface area contributed by atoms with Crippen molar-refractivity contribution >= 4 is 5.91 Å². The minimum absolute atomic E-state index is 0.00805. The molecule has 0 bridgehead atoms. The molecule has 4 heteroatoms. The van der Waals surface area contributed by atoms with Crippen molar-refractivity contribution in [2.75, 3.05) is 6.61 Å². The first-order valence-corrected chi connectivity index (χ1v) is 6.76. The van der Waals surface area contributed by atoms with Crippen LogP contribution in [-0.4, -0.2) is 23.7 Å². The van der Waals surface area contributed by atoms with Gasteiger partial charge in [-0.1, -0.05) is 18.6 Å². The highest BCUT2D eigenvalue weighted by Gasteiger charge is 2.45. The average molecular weight is 265 g/mol. The summed E-state index contributed by atoms with van der Waals surface area (Å²) in [7, 11) is 0. The minimum atomic E-state index is -0.503. The first-order valence-electron chi connectivity index (χ1n) is 6.76. The van der Waals surface area contributed by atoms with Crippen LogP contribution >= 0.6 is 0 Å². The molecule has 1 amide bonds. The molecule has 19 heavy (non-hydrogen) atoms. The van der Waals surface area contributed by atoms with Gasteiger partial charge in [0, 0.05) is 12.6 Å². The number of nitrogens with one attached hydrogen (secondary N) is 1. The van der Waals surface area contributed by atoms with Crippen molar-refractivity contribution in [3.63, 3.8) is 0 Å². The average Bonchev–Trinajstić information content (AvgIpc) is 2.30. The summed E-state index contributed by atoms with van der Waals surface area (Å²) >= 11 is 0. The van der Waals surface area contributed by atoms with Crippen LogP contribution in [0.25, 0.3) is 0 Å². The second-order valence-electron chi connectivity index (χ2n) is 5.33. The Morgan fingerprint density at radius 3 is 2.53 bits per heavy atom. The van der Waals surface area contributed by atoms with Gasteiger partial charge in [0.1, 0.15) is 5.82 Å². The summed E-state index contributed by atoms with van der Waals surface area (Å²) < 4.78 is 13.0. The fourth-order valence-corrected chi connectivity index (χ4v) is 2.57. The molecule has 0 aliphatic heterocycles. The topological polar surface area (TPSA) is 49.3 Å². The van der Waals surface area contributed by atoms with Crippen molar-refractivity contribution in [3.8, 4) is 0 Å². The van der Waals surface area contributed by atoms with E-state index in [1.807, 2.05) is 6.92 Å². The molecule has 1 atom stereocenters. The molecule has 0 radical (unpaired) electrons. The smallest absolute Gasteiger partial charge is 0.230 e. The number of rotatable bonds is 5. The molecule has 2 rings (SSSR count). The number of hydrogen-bond acceptors (Lipinski definition) is 2. The maximum atomic E-state index is 13.0. The number of halogens is 1. The summed E-state index contributed by atoms with van der Waals surface area (Å²) in [6.07, 6.45) is 3.16. The minimum Gasteiger partial charge on any atom is -0.396 e. The first-order chi connectivity index (χ1) is 9.08. The number of aliphatic hydroxyl groups excluding tert-OH is 1. The number of amides is 1. The Labute approximate surface area is 112 Å². The van der Waals surface area contributed by atoms with E-state index in [1.165, 1.54) is 12.1 Å². The third-order valence-electron chi connectivity index (χ3n) is 3.98. The molecule has 0 saturated heterocycles. The van der Waals surface area contributed by atoms with Gasteiger partial charge in [0.15, 0.2) is 0 Å². The van der Waals surface area contributed by atoms with Gasteiger partial charge in [0.05, 0.1) is 5.41 Å². The fourth-order valence-electron chi connectivity index (χ4n) is 2.57. The lowest BCUT2D eigenvalue weighted by Crippen LogP contribution is -2.51. The summed E-state index contributed by atoms with van der Waals surface area (Å²) in [5.74, 6) is -0.293. The molecule has 1 aromatic rings. The van der Waals surface area contributed by atoms with Crippen LogP contribution in [0.15, 0.2) is 24.3 Å². The third-order valence-corrected chi connectivity index (χ3v) is 3.98. The van der Waals surface area contributed by atoms with Crippen molar-refractivity contribution in [2.24, 2.45) is 0 Å². The molecule has 3 nitrogen and oxygen atoms in total. The Morgan fingerprint density at radius 2 is 2.05 bits per heavy atom. The maximum Gasteiger partial charge on any atom is 0.230 e. The summed E-state index contributed by atoms with van der Waals surface area (Å²) in [4.78, 5) is 12.4. The molecule has 1 aliphatic rings. The number of carbonyl (C=O) groups excluding carboxylic acids is 1. The van der Waals surface area contributed by atoms with Gasteiger partial charge in [-0.2, -0.15) is 0 Å². The van der Waals surface area contributed by atoms with Crippen LogP contribution in [0.2, 0.25) is 0 Å². The Morgan fingerprint density at radius 1 is 1.42 bits per heavy atom. The summed E-state index contributed by atoms with van der Waals surface area (Å²) in [5.41, 5.74) is 0.381. The van der Waals surface area contributed by atoms with E-state index in [0.717, 1.165) is 24.8 Å². The van der Waals surface area contributed by atoms with Gasteiger partial charge in [0.2, 0.25) is 5.91 Å². The SMILES string of the molecule is CC(CCO)NC(=O)C1(c2ccc(F)cc2)CCC1. The second kappa shape index (κ2) is 5.70. The fraction of sp³-hybridized carbons (Fsp3) is 0.533. The van der Waals surface area contributed by atoms with Crippen molar-refractivity contribution in [1.29, 1.82) is 0 Å². The van der Waals surface area contributed by atoms with Crippen LogP contribution < -0.4 is 5.32 Å². The second-order valence-corrected chi connectivity index (χ2v) is 5.33. The van der Waals surface area contributed by atoms with Gasteiger partial charge >= 0.3 is 0 Å². The Bertz CT molecular complexity index is 440. The Hall–Kier alpha value is -1.42. The van der Waals surface area contributed by atoms with E-state index in [0.29, 0.717) is 6.42 Å². The molecule has 104 valence electrons. The molecule has 0 spiro atoms. The van der Waals surface area contributed by atoms with Gasteiger partial charge in [-0.15, -0.1) is 0 Å². The number of carbonyl (C=O) groups is 1. The lowest BCUT2D eigenvalue weighted by Gasteiger charge is -2.41. The molecule has 0 aromatic heterocycles. The first kappa shape index (κ1) is 14.0. The van der Waals surface area contributed by atoms with Crippen molar-refractivity contribution in [1.82, 2.24) is 5.32 Å². The molecular weight excluding hydrogens is 245 g/mol. The van der Waals surface area contributed by atoms with Crippen LogP contribution in [0.3, 0.4) is 0 Å². The lowest BCUT2D eigenvalue weighted by molar-refractivity contribution is -0.130. The van der Waals surface area contributed by atoms with E-state index in [4.69, 9.17) is 5.11 Å². The predicted molar refractivity (Wildman–Crippen MR) is 71.2 cm³/mol. The summed E-state index contributed by atoms with van der Waals surface area (Å²) in [6.45, 7) is 1.94. The monoisotopic (exact) mass is 265 g/mol. The van der Waals surface area contributed by atoms with Crippen LogP contribution in [0, 0.1) is 5.82 Å². The van der Waals surface area contributed by atoms with E-state index in [9.17, 15) is 9.18 Å². The molecule has 2 N–H and O–H groups in total.